The molecule has 0 saturated carbocycles. The SMILES string of the molecule is COC(=O)N[C@@H]1CN(c2c(Cl)cccc2C=O)CC[C@H]1C. The van der Waals surface area contributed by atoms with E-state index in [1.807, 2.05) is 4.90 Å². The maximum Gasteiger partial charge on any atom is 0.407 e. The van der Waals surface area contributed by atoms with Gasteiger partial charge in [0.15, 0.2) is 6.29 Å². The fraction of sp³-hybridized carbons (Fsp3) is 0.467. The van der Waals surface area contributed by atoms with Gasteiger partial charge in [0.2, 0.25) is 0 Å². The summed E-state index contributed by atoms with van der Waals surface area (Å²) in [4.78, 5) is 24.7. The largest absolute Gasteiger partial charge is 0.453 e. The van der Waals surface area contributed by atoms with Crippen LogP contribution in [-0.2, 0) is 4.74 Å². The third-order valence-electron chi connectivity index (χ3n) is 3.91. The van der Waals surface area contributed by atoms with Gasteiger partial charge >= 0.3 is 6.09 Å². The molecule has 0 aliphatic carbocycles. The zero-order valence-electron chi connectivity index (χ0n) is 12.1. The first-order chi connectivity index (χ1) is 10.1. The van der Waals surface area contributed by atoms with Crippen molar-refractivity contribution in [3.8, 4) is 0 Å². The molecule has 0 unspecified atom stereocenters. The highest BCUT2D eigenvalue weighted by molar-refractivity contribution is 6.33. The molecule has 0 radical (unpaired) electrons. The molecule has 2 atom stereocenters. The van der Waals surface area contributed by atoms with Gasteiger partial charge in [0.1, 0.15) is 0 Å². The van der Waals surface area contributed by atoms with Crippen molar-refractivity contribution < 1.29 is 14.3 Å². The fourth-order valence-corrected chi connectivity index (χ4v) is 2.93. The number of methoxy groups -OCH3 is 1. The Morgan fingerprint density at radius 1 is 1.52 bits per heavy atom. The van der Waals surface area contributed by atoms with E-state index >= 15 is 0 Å². The maximum absolute atomic E-state index is 11.4. The number of halogens is 1. The molecule has 0 bridgehead atoms. The van der Waals surface area contributed by atoms with Crippen LogP contribution in [-0.4, -0.2) is 38.6 Å². The number of amides is 1. The Morgan fingerprint density at radius 2 is 2.29 bits per heavy atom. The van der Waals surface area contributed by atoms with E-state index in [4.69, 9.17) is 11.6 Å². The normalized spacial score (nSPS) is 21.8. The molecule has 1 aliphatic heterocycles. The molecule has 0 aromatic heterocycles. The highest BCUT2D eigenvalue weighted by Crippen LogP contribution is 2.32. The van der Waals surface area contributed by atoms with Gasteiger partial charge in [-0.3, -0.25) is 4.79 Å². The summed E-state index contributed by atoms with van der Waals surface area (Å²) in [7, 11) is 1.35. The van der Waals surface area contributed by atoms with E-state index in [0.29, 0.717) is 23.0 Å². The molecule has 1 aromatic carbocycles. The summed E-state index contributed by atoms with van der Waals surface area (Å²) < 4.78 is 4.66. The van der Waals surface area contributed by atoms with E-state index in [9.17, 15) is 9.59 Å². The van der Waals surface area contributed by atoms with E-state index in [1.165, 1.54) is 7.11 Å². The summed E-state index contributed by atoms with van der Waals surface area (Å²) in [6.45, 7) is 3.48. The van der Waals surface area contributed by atoms with E-state index in [1.54, 1.807) is 18.2 Å². The molecule has 6 heteroatoms. The lowest BCUT2D eigenvalue weighted by Gasteiger charge is -2.39. The molecule has 1 amide bonds. The van der Waals surface area contributed by atoms with E-state index < -0.39 is 6.09 Å². The second-order valence-electron chi connectivity index (χ2n) is 5.25. The second kappa shape index (κ2) is 6.80. The van der Waals surface area contributed by atoms with Crippen LogP contribution in [0.3, 0.4) is 0 Å². The van der Waals surface area contributed by atoms with Crippen LogP contribution in [0, 0.1) is 5.92 Å². The summed E-state index contributed by atoms with van der Waals surface area (Å²) in [6.07, 6.45) is 1.27. The number of aldehydes is 1. The zero-order chi connectivity index (χ0) is 15.4. The van der Waals surface area contributed by atoms with E-state index in [0.717, 1.165) is 24.9 Å². The van der Waals surface area contributed by atoms with Gasteiger partial charge < -0.3 is 15.0 Å². The maximum atomic E-state index is 11.4. The van der Waals surface area contributed by atoms with Gasteiger partial charge in [-0.15, -0.1) is 0 Å². The molecular weight excluding hydrogens is 292 g/mol. The topological polar surface area (TPSA) is 58.6 Å². The van der Waals surface area contributed by atoms with Crippen molar-refractivity contribution >= 4 is 29.7 Å². The first-order valence-corrected chi connectivity index (χ1v) is 7.27. The van der Waals surface area contributed by atoms with E-state index in [-0.39, 0.29) is 6.04 Å². The van der Waals surface area contributed by atoms with Gasteiger partial charge in [-0.1, -0.05) is 24.6 Å². The number of hydrogen-bond donors (Lipinski definition) is 1. The Labute approximate surface area is 129 Å². The van der Waals surface area contributed by atoms with Crippen molar-refractivity contribution in [3.05, 3.63) is 28.8 Å². The van der Waals surface area contributed by atoms with Crippen molar-refractivity contribution in [2.24, 2.45) is 5.92 Å². The Morgan fingerprint density at radius 3 is 2.95 bits per heavy atom. The number of rotatable bonds is 3. The van der Waals surface area contributed by atoms with Crippen molar-refractivity contribution in [2.75, 3.05) is 25.1 Å². The second-order valence-corrected chi connectivity index (χ2v) is 5.66. The summed E-state index contributed by atoms with van der Waals surface area (Å²) >= 11 is 6.25. The number of ether oxygens (including phenoxy) is 1. The summed E-state index contributed by atoms with van der Waals surface area (Å²) in [6, 6.07) is 5.23. The van der Waals surface area contributed by atoms with Gasteiger partial charge in [-0.2, -0.15) is 0 Å². The molecule has 1 aliphatic rings. The molecule has 1 N–H and O–H groups in total. The number of nitrogens with one attached hydrogen (secondary N) is 1. The lowest BCUT2D eigenvalue weighted by Crippen LogP contribution is -2.52. The van der Waals surface area contributed by atoms with Crippen LogP contribution in [0.1, 0.15) is 23.7 Å². The number of carbonyl (C=O) groups excluding carboxylic acids is 2. The van der Waals surface area contributed by atoms with Crippen LogP contribution in [0.5, 0.6) is 0 Å². The molecule has 1 heterocycles. The van der Waals surface area contributed by atoms with E-state index in [2.05, 4.69) is 17.0 Å². The van der Waals surface area contributed by atoms with Crippen molar-refractivity contribution in [1.29, 1.82) is 0 Å². The van der Waals surface area contributed by atoms with Crippen molar-refractivity contribution in [2.45, 2.75) is 19.4 Å². The Hall–Kier alpha value is -1.75. The number of carbonyl (C=O) groups is 2. The Kier molecular flexibility index (Phi) is 5.07. The molecule has 0 spiro atoms. The number of alkyl carbamates (subject to hydrolysis) is 1. The molecule has 1 saturated heterocycles. The molecule has 1 fully saturated rings. The summed E-state index contributed by atoms with van der Waals surface area (Å²) in [5, 5.41) is 3.39. The minimum atomic E-state index is -0.441. The van der Waals surface area contributed by atoms with Gasteiger partial charge in [0.05, 0.1) is 23.9 Å². The van der Waals surface area contributed by atoms with Gasteiger partial charge in [0, 0.05) is 18.7 Å². The van der Waals surface area contributed by atoms with Crippen molar-refractivity contribution in [3.63, 3.8) is 0 Å². The predicted octanol–water partition coefficient (Wildman–Crippen LogP) is 2.72. The highest BCUT2D eigenvalue weighted by Gasteiger charge is 2.29. The van der Waals surface area contributed by atoms with Crippen molar-refractivity contribution in [1.82, 2.24) is 5.32 Å². The lowest BCUT2D eigenvalue weighted by molar-refractivity contribution is 0.112. The standard InChI is InChI=1S/C15H19ClN2O3/c1-10-6-7-18(8-13(10)17-15(20)21-2)14-11(9-19)4-3-5-12(14)16/h3-5,9-10,13H,6-8H2,1-2H3,(H,17,20)/t10-,13-/m1/s1. The average Bonchev–Trinajstić information content (AvgIpc) is 2.49. The van der Waals surface area contributed by atoms with Crippen LogP contribution in [0.4, 0.5) is 10.5 Å². The fourth-order valence-electron chi connectivity index (χ4n) is 2.63. The molecule has 5 nitrogen and oxygen atoms in total. The number of benzene rings is 1. The number of anilines is 1. The number of para-hydroxylation sites is 1. The Balaban J connectivity index is 2.22. The monoisotopic (exact) mass is 310 g/mol. The lowest BCUT2D eigenvalue weighted by atomic mass is 9.93. The first-order valence-electron chi connectivity index (χ1n) is 6.90. The minimum Gasteiger partial charge on any atom is -0.453 e. The van der Waals surface area contributed by atoms with Crippen LogP contribution < -0.4 is 10.2 Å². The summed E-state index contributed by atoms with van der Waals surface area (Å²) in [5.74, 6) is 0.336. The van der Waals surface area contributed by atoms with Crippen LogP contribution in [0.15, 0.2) is 18.2 Å². The quantitative estimate of drug-likeness (QED) is 0.872. The van der Waals surface area contributed by atoms with Gasteiger partial charge in [-0.05, 0) is 24.5 Å². The molecule has 2 rings (SSSR count). The smallest absolute Gasteiger partial charge is 0.407 e. The third kappa shape index (κ3) is 3.47. The highest BCUT2D eigenvalue weighted by atomic mass is 35.5. The predicted molar refractivity (Wildman–Crippen MR) is 82.2 cm³/mol. The average molecular weight is 311 g/mol. The number of hydrogen-bond acceptors (Lipinski definition) is 4. The molecule has 21 heavy (non-hydrogen) atoms. The minimum absolute atomic E-state index is 0.0398. The van der Waals surface area contributed by atoms with Crippen LogP contribution in [0.25, 0.3) is 0 Å². The van der Waals surface area contributed by atoms with Gasteiger partial charge in [-0.25, -0.2) is 4.79 Å². The number of nitrogens with zero attached hydrogens (tertiary/aromatic N) is 1. The number of piperidine rings is 1. The first kappa shape index (κ1) is 15.6. The molecular formula is C15H19ClN2O3. The van der Waals surface area contributed by atoms with Crippen LogP contribution >= 0.6 is 11.6 Å². The van der Waals surface area contributed by atoms with Crippen LogP contribution in [0.2, 0.25) is 5.02 Å². The summed E-state index contributed by atoms with van der Waals surface area (Å²) in [5.41, 5.74) is 1.30. The molecule has 114 valence electrons. The van der Waals surface area contributed by atoms with Gasteiger partial charge in [0.25, 0.3) is 0 Å². The molecule has 1 aromatic rings. The Bertz CT molecular complexity index is 536. The zero-order valence-corrected chi connectivity index (χ0v) is 12.9. The third-order valence-corrected chi connectivity index (χ3v) is 4.21.